The summed E-state index contributed by atoms with van der Waals surface area (Å²) in [6.07, 6.45) is 0.142. The van der Waals surface area contributed by atoms with E-state index in [1.54, 1.807) is 4.90 Å². The van der Waals surface area contributed by atoms with Gasteiger partial charge in [-0.2, -0.15) is 0 Å². The Kier molecular flexibility index (Phi) is 4.24. The third-order valence-corrected chi connectivity index (χ3v) is 5.07. The van der Waals surface area contributed by atoms with E-state index in [1.807, 2.05) is 91.9 Å². The second kappa shape index (κ2) is 6.72. The molecule has 1 aliphatic rings. The molecule has 2 amide bonds. The fraction of sp³-hybridized carbons (Fsp3) is 0.130. The minimum Gasteiger partial charge on any atom is -0.323 e. The largest absolute Gasteiger partial charge is 0.323 e. The first-order chi connectivity index (χ1) is 13.1. The number of rotatable bonds is 4. The molecular weight excluding hydrogens is 336 g/mol. The summed E-state index contributed by atoms with van der Waals surface area (Å²) in [6.45, 7) is 1.95. The number of para-hydroxylation sites is 2. The predicted molar refractivity (Wildman–Crippen MR) is 106 cm³/mol. The van der Waals surface area contributed by atoms with Gasteiger partial charge in [-0.05, 0) is 36.2 Å². The quantitative estimate of drug-likeness (QED) is 0.710. The molecule has 27 heavy (non-hydrogen) atoms. The molecule has 1 atom stereocenters. The standard InChI is InChI=1S/C23H20N2O2/c1-17-10-8-9-15-20(17)24-22(27)23(18-11-4-2-5-12-18)16-21(26)25(23)19-13-6-3-7-14-19/h2-15H,16H2,1H3,(H,24,27). The minimum atomic E-state index is -1.05. The molecule has 0 saturated carbocycles. The molecule has 1 unspecified atom stereocenters. The highest BCUT2D eigenvalue weighted by molar-refractivity contribution is 6.17. The van der Waals surface area contributed by atoms with Crippen molar-refractivity contribution < 1.29 is 9.59 Å². The van der Waals surface area contributed by atoms with Gasteiger partial charge in [-0.15, -0.1) is 0 Å². The van der Waals surface area contributed by atoms with Gasteiger partial charge in [-0.1, -0.05) is 66.7 Å². The van der Waals surface area contributed by atoms with Crippen LogP contribution in [0.15, 0.2) is 84.9 Å². The average molecular weight is 356 g/mol. The van der Waals surface area contributed by atoms with E-state index in [0.717, 1.165) is 22.5 Å². The lowest BCUT2D eigenvalue weighted by molar-refractivity contribution is -0.137. The van der Waals surface area contributed by atoms with E-state index in [1.165, 1.54) is 0 Å². The van der Waals surface area contributed by atoms with Crippen LogP contribution in [0.25, 0.3) is 0 Å². The molecule has 134 valence electrons. The summed E-state index contributed by atoms with van der Waals surface area (Å²) >= 11 is 0. The Morgan fingerprint density at radius 3 is 2.11 bits per heavy atom. The van der Waals surface area contributed by atoms with Gasteiger partial charge in [0.1, 0.15) is 0 Å². The van der Waals surface area contributed by atoms with Gasteiger partial charge in [0.2, 0.25) is 5.91 Å². The van der Waals surface area contributed by atoms with Crippen LogP contribution >= 0.6 is 0 Å². The molecule has 1 aliphatic heterocycles. The van der Waals surface area contributed by atoms with Crippen molar-refractivity contribution in [1.29, 1.82) is 0 Å². The summed E-state index contributed by atoms with van der Waals surface area (Å²) in [4.78, 5) is 27.7. The summed E-state index contributed by atoms with van der Waals surface area (Å²) in [5.74, 6) is -0.267. The molecule has 3 aromatic carbocycles. The smallest absolute Gasteiger partial charge is 0.255 e. The molecule has 3 aromatic rings. The predicted octanol–water partition coefficient (Wildman–Crippen LogP) is 4.27. The SMILES string of the molecule is Cc1ccccc1NC(=O)C1(c2ccccc2)CC(=O)N1c1ccccc1. The summed E-state index contributed by atoms with van der Waals surface area (Å²) in [5, 5.41) is 3.04. The normalized spacial score (nSPS) is 18.7. The zero-order valence-corrected chi connectivity index (χ0v) is 15.1. The maximum absolute atomic E-state index is 13.5. The van der Waals surface area contributed by atoms with Crippen LogP contribution in [0.1, 0.15) is 17.5 Å². The van der Waals surface area contributed by atoms with Crippen LogP contribution in [0.4, 0.5) is 11.4 Å². The zero-order valence-electron chi connectivity index (χ0n) is 15.1. The van der Waals surface area contributed by atoms with E-state index >= 15 is 0 Å². The third kappa shape index (κ3) is 2.79. The monoisotopic (exact) mass is 356 g/mol. The van der Waals surface area contributed by atoms with Gasteiger partial charge in [0.05, 0.1) is 6.42 Å². The molecule has 0 radical (unpaired) electrons. The Morgan fingerprint density at radius 2 is 1.48 bits per heavy atom. The molecule has 4 heteroatoms. The van der Waals surface area contributed by atoms with E-state index in [4.69, 9.17) is 0 Å². The van der Waals surface area contributed by atoms with Crippen molar-refractivity contribution in [3.8, 4) is 0 Å². The van der Waals surface area contributed by atoms with Crippen LogP contribution in [0.2, 0.25) is 0 Å². The Labute approximate surface area is 158 Å². The number of anilines is 2. The molecule has 4 nitrogen and oxygen atoms in total. The van der Waals surface area contributed by atoms with Gasteiger partial charge in [0, 0.05) is 11.4 Å². The van der Waals surface area contributed by atoms with Crippen LogP contribution in [0.5, 0.6) is 0 Å². The number of hydrogen-bond donors (Lipinski definition) is 1. The van der Waals surface area contributed by atoms with Crippen LogP contribution in [-0.4, -0.2) is 11.8 Å². The lowest BCUT2D eigenvalue weighted by atomic mass is 9.76. The molecule has 0 bridgehead atoms. The molecule has 1 heterocycles. The van der Waals surface area contributed by atoms with Crippen molar-refractivity contribution in [1.82, 2.24) is 0 Å². The van der Waals surface area contributed by atoms with Gasteiger partial charge in [0.25, 0.3) is 5.91 Å². The summed E-state index contributed by atoms with van der Waals surface area (Å²) in [5.41, 5.74) is 2.20. The molecule has 1 fully saturated rings. The first-order valence-corrected chi connectivity index (χ1v) is 8.93. The van der Waals surface area contributed by atoms with Gasteiger partial charge in [0.15, 0.2) is 5.54 Å². The summed E-state index contributed by atoms with van der Waals surface area (Å²) < 4.78 is 0. The van der Waals surface area contributed by atoms with Crippen molar-refractivity contribution in [2.75, 3.05) is 10.2 Å². The van der Waals surface area contributed by atoms with Crippen LogP contribution in [0.3, 0.4) is 0 Å². The number of carbonyl (C=O) groups excluding carboxylic acids is 2. The number of hydrogen-bond acceptors (Lipinski definition) is 2. The Balaban J connectivity index is 1.80. The number of aryl methyl sites for hydroxylation is 1. The zero-order chi connectivity index (χ0) is 18.9. The second-order valence-corrected chi connectivity index (χ2v) is 6.74. The fourth-order valence-electron chi connectivity index (χ4n) is 3.64. The third-order valence-electron chi connectivity index (χ3n) is 5.07. The maximum atomic E-state index is 13.5. The second-order valence-electron chi connectivity index (χ2n) is 6.74. The molecule has 0 aromatic heterocycles. The minimum absolute atomic E-state index is 0.0648. The van der Waals surface area contributed by atoms with Gasteiger partial charge in [-0.3, -0.25) is 14.5 Å². The number of nitrogens with one attached hydrogen (secondary N) is 1. The van der Waals surface area contributed by atoms with Crippen molar-refractivity contribution >= 4 is 23.2 Å². The highest BCUT2D eigenvalue weighted by Gasteiger charge is 2.58. The number of nitrogens with zero attached hydrogens (tertiary/aromatic N) is 1. The molecule has 1 N–H and O–H groups in total. The van der Waals surface area contributed by atoms with Gasteiger partial charge in [-0.25, -0.2) is 0 Å². The lowest BCUT2D eigenvalue weighted by Gasteiger charge is -2.50. The lowest BCUT2D eigenvalue weighted by Crippen LogP contribution is -2.67. The Bertz CT molecular complexity index is 986. The summed E-state index contributed by atoms with van der Waals surface area (Å²) in [7, 11) is 0. The van der Waals surface area contributed by atoms with Crippen molar-refractivity contribution in [3.05, 3.63) is 96.1 Å². The van der Waals surface area contributed by atoms with Gasteiger partial charge >= 0.3 is 0 Å². The highest BCUT2D eigenvalue weighted by atomic mass is 16.2. The maximum Gasteiger partial charge on any atom is 0.255 e. The first-order valence-electron chi connectivity index (χ1n) is 8.93. The average Bonchev–Trinajstić information content (AvgIpc) is 2.69. The Morgan fingerprint density at radius 1 is 0.889 bits per heavy atom. The van der Waals surface area contributed by atoms with E-state index in [-0.39, 0.29) is 18.2 Å². The molecule has 0 aliphatic carbocycles. The van der Waals surface area contributed by atoms with Crippen molar-refractivity contribution in [3.63, 3.8) is 0 Å². The molecule has 4 rings (SSSR count). The molecule has 0 spiro atoms. The van der Waals surface area contributed by atoms with E-state index in [2.05, 4.69) is 5.32 Å². The van der Waals surface area contributed by atoms with Crippen molar-refractivity contribution in [2.45, 2.75) is 18.9 Å². The molecule has 1 saturated heterocycles. The number of benzene rings is 3. The number of amides is 2. The topological polar surface area (TPSA) is 49.4 Å². The van der Waals surface area contributed by atoms with Gasteiger partial charge < -0.3 is 5.32 Å². The Hall–Kier alpha value is -3.40. The first kappa shape index (κ1) is 17.0. The van der Waals surface area contributed by atoms with Crippen LogP contribution < -0.4 is 10.2 Å². The van der Waals surface area contributed by atoms with E-state index < -0.39 is 5.54 Å². The molecular formula is C23H20N2O2. The van der Waals surface area contributed by atoms with E-state index in [0.29, 0.717) is 0 Å². The highest BCUT2D eigenvalue weighted by Crippen LogP contribution is 2.45. The number of β-lactam (4-membered cyclic amide) rings is 1. The van der Waals surface area contributed by atoms with Crippen LogP contribution in [0, 0.1) is 6.92 Å². The van der Waals surface area contributed by atoms with Crippen molar-refractivity contribution in [2.24, 2.45) is 0 Å². The number of carbonyl (C=O) groups is 2. The summed E-state index contributed by atoms with van der Waals surface area (Å²) in [6, 6.07) is 26.5. The van der Waals surface area contributed by atoms with Crippen LogP contribution in [-0.2, 0) is 15.1 Å². The fourth-order valence-corrected chi connectivity index (χ4v) is 3.64. The van der Waals surface area contributed by atoms with E-state index in [9.17, 15) is 9.59 Å².